The molecule has 0 aliphatic heterocycles. The van der Waals surface area contributed by atoms with Gasteiger partial charge in [0, 0.05) is 4.47 Å². The van der Waals surface area contributed by atoms with E-state index in [-0.39, 0.29) is 10.6 Å². The number of hydrogen-bond acceptors (Lipinski definition) is 2. The molecule has 0 spiro atoms. The van der Waals surface area contributed by atoms with E-state index in [0.29, 0.717) is 10.0 Å². The van der Waals surface area contributed by atoms with Crippen LogP contribution < -0.4 is 4.72 Å². The van der Waals surface area contributed by atoms with Crippen molar-refractivity contribution in [3.8, 4) is 0 Å². The number of sulfonamides is 1. The Kier molecular flexibility index (Phi) is 3.91. The third-order valence-electron chi connectivity index (χ3n) is 2.42. The minimum atomic E-state index is -3.74. The van der Waals surface area contributed by atoms with Crippen molar-refractivity contribution >= 4 is 31.6 Å². The number of anilines is 1. The topological polar surface area (TPSA) is 46.2 Å². The van der Waals surface area contributed by atoms with Crippen LogP contribution in [0.25, 0.3) is 0 Å². The van der Waals surface area contributed by atoms with Crippen molar-refractivity contribution in [2.24, 2.45) is 0 Å². The van der Waals surface area contributed by atoms with Gasteiger partial charge in [-0.2, -0.15) is 0 Å². The van der Waals surface area contributed by atoms with Crippen LogP contribution in [0.3, 0.4) is 0 Å². The lowest BCUT2D eigenvalue weighted by Crippen LogP contribution is -2.13. The van der Waals surface area contributed by atoms with Crippen molar-refractivity contribution in [3.05, 3.63) is 58.3 Å². The Labute approximate surface area is 119 Å². The molecule has 0 amide bonds. The molecular formula is C13H11BrFNO2S. The van der Waals surface area contributed by atoms with Crippen LogP contribution in [0.15, 0.2) is 51.8 Å². The molecule has 0 aliphatic carbocycles. The molecule has 0 saturated carbocycles. The van der Waals surface area contributed by atoms with Crippen LogP contribution in [0.1, 0.15) is 5.56 Å². The summed E-state index contributed by atoms with van der Waals surface area (Å²) >= 11 is 3.18. The molecule has 100 valence electrons. The van der Waals surface area contributed by atoms with Gasteiger partial charge in [0.05, 0.1) is 5.69 Å². The van der Waals surface area contributed by atoms with Crippen molar-refractivity contribution in [2.75, 3.05) is 4.72 Å². The summed E-state index contributed by atoms with van der Waals surface area (Å²) in [6.45, 7) is 1.69. The summed E-state index contributed by atoms with van der Waals surface area (Å²) in [7, 11) is -3.74. The monoisotopic (exact) mass is 343 g/mol. The van der Waals surface area contributed by atoms with Crippen LogP contribution in [-0.2, 0) is 10.0 Å². The molecule has 0 aliphatic rings. The molecule has 6 heteroatoms. The Morgan fingerprint density at radius 3 is 2.47 bits per heavy atom. The quantitative estimate of drug-likeness (QED) is 0.923. The molecule has 0 fully saturated rings. The minimum Gasteiger partial charge on any atom is -0.279 e. The van der Waals surface area contributed by atoms with E-state index in [1.165, 1.54) is 12.1 Å². The Hall–Kier alpha value is -1.40. The van der Waals surface area contributed by atoms with E-state index in [4.69, 9.17) is 0 Å². The first-order chi connectivity index (χ1) is 8.88. The lowest BCUT2D eigenvalue weighted by Gasteiger charge is -2.10. The fourth-order valence-electron chi connectivity index (χ4n) is 1.67. The highest BCUT2D eigenvalue weighted by atomic mass is 79.9. The summed E-state index contributed by atoms with van der Waals surface area (Å²) in [5.41, 5.74) is 0.845. The van der Waals surface area contributed by atoms with E-state index < -0.39 is 15.8 Å². The first-order valence-electron chi connectivity index (χ1n) is 5.43. The summed E-state index contributed by atoms with van der Waals surface area (Å²) < 4.78 is 40.4. The van der Waals surface area contributed by atoms with Crippen LogP contribution in [0, 0.1) is 12.7 Å². The predicted octanol–water partition coefficient (Wildman–Crippen LogP) is 3.70. The highest BCUT2D eigenvalue weighted by Gasteiger charge is 2.17. The molecule has 2 rings (SSSR count). The number of benzene rings is 2. The zero-order valence-corrected chi connectivity index (χ0v) is 12.4. The minimum absolute atomic E-state index is 0.108. The van der Waals surface area contributed by atoms with Gasteiger partial charge < -0.3 is 0 Å². The molecule has 0 atom stereocenters. The van der Waals surface area contributed by atoms with Crippen molar-refractivity contribution in [2.45, 2.75) is 11.8 Å². The molecule has 3 nitrogen and oxygen atoms in total. The second-order valence-electron chi connectivity index (χ2n) is 4.05. The van der Waals surface area contributed by atoms with Gasteiger partial charge in [-0.3, -0.25) is 4.72 Å². The largest absolute Gasteiger partial charge is 0.279 e. The number of halogens is 2. The SMILES string of the molecule is Cc1cc(F)cc(NS(=O)(=O)c2ccccc2Br)c1. The molecular weight excluding hydrogens is 333 g/mol. The lowest BCUT2D eigenvalue weighted by molar-refractivity contribution is 0.600. The van der Waals surface area contributed by atoms with Gasteiger partial charge in [0.25, 0.3) is 10.0 Å². The van der Waals surface area contributed by atoms with Crippen molar-refractivity contribution in [1.29, 1.82) is 0 Å². The molecule has 0 bridgehead atoms. The van der Waals surface area contributed by atoms with Crippen molar-refractivity contribution in [3.63, 3.8) is 0 Å². The Bertz CT molecular complexity index is 696. The average molecular weight is 344 g/mol. The summed E-state index contributed by atoms with van der Waals surface area (Å²) in [5, 5.41) is 0. The third kappa shape index (κ3) is 3.33. The smallest absolute Gasteiger partial charge is 0.263 e. The van der Waals surface area contributed by atoms with Gasteiger partial charge in [-0.15, -0.1) is 0 Å². The zero-order chi connectivity index (χ0) is 14.0. The molecule has 2 aromatic rings. The van der Waals surface area contributed by atoms with Gasteiger partial charge in [0.2, 0.25) is 0 Å². The molecule has 0 radical (unpaired) electrons. The van der Waals surface area contributed by atoms with E-state index in [1.807, 2.05) is 0 Å². The van der Waals surface area contributed by atoms with Gasteiger partial charge in [0.15, 0.2) is 0 Å². The van der Waals surface area contributed by atoms with Crippen LogP contribution in [0.4, 0.5) is 10.1 Å². The van der Waals surface area contributed by atoms with Crippen LogP contribution in [0.5, 0.6) is 0 Å². The fourth-order valence-corrected chi connectivity index (χ4v) is 3.71. The van der Waals surface area contributed by atoms with Gasteiger partial charge in [-0.25, -0.2) is 12.8 Å². The first-order valence-corrected chi connectivity index (χ1v) is 7.71. The van der Waals surface area contributed by atoms with Crippen LogP contribution in [0.2, 0.25) is 0 Å². The highest BCUT2D eigenvalue weighted by molar-refractivity contribution is 9.10. The van der Waals surface area contributed by atoms with E-state index >= 15 is 0 Å². The van der Waals surface area contributed by atoms with Crippen molar-refractivity contribution < 1.29 is 12.8 Å². The van der Waals surface area contributed by atoms with Gasteiger partial charge in [0.1, 0.15) is 10.7 Å². The lowest BCUT2D eigenvalue weighted by atomic mass is 10.2. The number of nitrogens with one attached hydrogen (secondary N) is 1. The number of rotatable bonds is 3. The molecule has 0 aromatic heterocycles. The zero-order valence-electron chi connectivity index (χ0n) is 10.0. The summed E-state index contributed by atoms with van der Waals surface area (Å²) in [4.78, 5) is 0.108. The number of aryl methyl sites for hydroxylation is 1. The second-order valence-corrected chi connectivity index (χ2v) is 6.56. The molecule has 0 unspecified atom stereocenters. The third-order valence-corrected chi connectivity index (χ3v) is 4.81. The maximum absolute atomic E-state index is 13.2. The van der Waals surface area contributed by atoms with E-state index in [1.54, 1.807) is 31.2 Å². The van der Waals surface area contributed by atoms with Crippen LogP contribution in [-0.4, -0.2) is 8.42 Å². The standard InChI is InChI=1S/C13H11BrFNO2S/c1-9-6-10(15)8-11(7-9)16-19(17,18)13-5-3-2-4-12(13)14/h2-8,16H,1H3. The molecule has 0 saturated heterocycles. The normalized spacial score (nSPS) is 11.3. The molecule has 2 aromatic carbocycles. The Morgan fingerprint density at radius 1 is 1.16 bits per heavy atom. The summed E-state index contributed by atoms with van der Waals surface area (Å²) in [6, 6.07) is 10.5. The first kappa shape index (κ1) is 14.0. The van der Waals surface area contributed by atoms with Gasteiger partial charge in [-0.05, 0) is 58.7 Å². The summed E-state index contributed by atoms with van der Waals surface area (Å²) in [5.74, 6) is -0.482. The number of hydrogen-bond donors (Lipinski definition) is 1. The summed E-state index contributed by atoms with van der Waals surface area (Å²) in [6.07, 6.45) is 0. The van der Waals surface area contributed by atoms with E-state index in [0.717, 1.165) is 6.07 Å². The molecule has 1 N–H and O–H groups in total. The second kappa shape index (κ2) is 5.30. The molecule has 0 heterocycles. The Balaban J connectivity index is 2.39. The fraction of sp³-hybridized carbons (Fsp3) is 0.0769. The van der Waals surface area contributed by atoms with Crippen LogP contribution >= 0.6 is 15.9 Å². The van der Waals surface area contributed by atoms with Crippen molar-refractivity contribution in [1.82, 2.24) is 0 Å². The van der Waals surface area contributed by atoms with E-state index in [9.17, 15) is 12.8 Å². The Morgan fingerprint density at radius 2 is 1.84 bits per heavy atom. The van der Waals surface area contributed by atoms with Gasteiger partial charge in [-0.1, -0.05) is 12.1 Å². The predicted molar refractivity (Wildman–Crippen MR) is 76.1 cm³/mol. The van der Waals surface area contributed by atoms with E-state index in [2.05, 4.69) is 20.7 Å². The van der Waals surface area contributed by atoms with Gasteiger partial charge >= 0.3 is 0 Å². The average Bonchev–Trinajstić information content (AvgIpc) is 2.26. The maximum Gasteiger partial charge on any atom is 0.263 e. The molecule has 19 heavy (non-hydrogen) atoms. The highest BCUT2D eigenvalue weighted by Crippen LogP contribution is 2.24. The maximum atomic E-state index is 13.2.